The molecule has 0 spiro atoms. The molecule has 1 fully saturated rings. The molecule has 0 aliphatic carbocycles. The molecule has 1 aliphatic rings. The molecule has 0 bridgehead atoms. The maximum absolute atomic E-state index is 12.6. The quantitative estimate of drug-likeness (QED) is 0.767. The van der Waals surface area contributed by atoms with E-state index >= 15 is 0 Å². The van der Waals surface area contributed by atoms with E-state index in [1.54, 1.807) is 12.1 Å². The van der Waals surface area contributed by atoms with Crippen molar-refractivity contribution < 1.29 is 26.9 Å². The molecule has 1 saturated heterocycles. The molecule has 0 N–H and O–H groups in total. The summed E-state index contributed by atoms with van der Waals surface area (Å²) >= 11 is 0. The fourth-order valence-electron chi connectivity index (χ4n) is 2.42. The molecule has 7 heteroatoms. The molecule has 1 aliphatic heterocycles. The standard InChI is InChI=1S/C17H18BF3O3/c1-15(2)16(3,4)24-18(23-15)14-10-9-13(22-14)11-5-7-12(8-6-11)17(19,20)21/h5-10H,1-4H3. The maximum atomic E-state index is 12.6. The van der Waals surface area contributed by atoms with E-state index in [1.165, 1.54) is 12.1 Å². The van der Waals surface area contributed by atoms with Gasteiger partial charge in [0.1, 0.15) is 11.4 Å². The van der Waals surface area contributed by atoms with E-state index in [0.29, 0.717) is 17.0 Å². The molecule has 3 rings (SSSR count). The number of furan rings is 1. The third kappa shape index (κ3) is 2.98. The van der Waals surface area contributed by atoms with Crippen molar-refractivity contribution in [3.63, 3.8) is 0 Å². The largest absolute Gasteiger partial charge is 0.532 e. The normalized spacial score (nSPS) is 19.7. The second-order valence-corrected chi connectivity index (χ2v) is 6.87. The van der Waals surface area contributed by atoms with E-state index in [0.717, 1.165) is 12.1 Å². The highest BCUT2D eigenvalue weighted by Gasteiger charge is 2.53. The third-order valence-electron chi connectivity index (χ3n) is 4.61. The van der Waals surface area contributed by atoms with Crippen LogP contribution in [0.1, 0.15) is 33.3 Å². The zero-order valence-electron chi connectivity index (χ0n) is 13.9. The predicted octanol–water partition coefficient (Wildman–Crippen LogP) is 4.26. The molecule has 2 heterocycles. The van der Waals surface area contributed by atoms with Crippen LogP contribution in [0, 0.1) is 0 Å². The second-order valence-electron chi connectivity index (χ2n) is 6.87. The maximum Gasteiger partial charge on any atom is 0.532 e. The van der Waals surface area contributed by atoms with Crippen LogP contribution in [0.15, 0.2) is 40.8 Å². The Morgan fingerprint density at radius 1 is 0.833 bits per heavy atom. The average Bonchev–Trinajstić information content (AvgIpc) is 3.02. The molecule has 0 radical (unpaired) electrons. The van der Waals surface area contributed by atoms with Gasteiger partial charge in [-0.1, -0.05) is 12.1 Å². The van der Waals surface area contributed by atoms with Crippen LogP contribution >= 0.6 is 0 Å². The molecule has 1 aromatic carbocycles. The van der Waals surface area contributed by atoms with Crippen molar-refractivity contribution in [2.75, 3.05) is 0 Å². The topological polar surface area (TPSA) is 31.6 Å². The SMILES string of the molecule is CC1(C)OB(c2ccc(-c3ccc(C(F)(F)F)cc3)o2)OC1(C)C. The molecule has 0 unspecified atom stereocenters. The van der Waals surface area contributed by atoms with Gasteiger partial charge in [-0.2, -0.15) is 13.2 Å². The van der Waals surface area contributed by atoms with E-state index in [9.17, 15) is 13.2 Å². The van der Waals surface area contributed by atoms with Crippen molar-refractivity contribution >= 4 is 12.8 Å². The van der Waals surface area contributed by atoms with E-state index in [-0.39, 0.29) is 0 Å². The molecule has 3 nitrogen and oxygen atoms in total. The lowest BCUT2D eigenvalue weighted by molar-refractivity contribution is -0.137. The van der Waals surface area contributed by atoms with Crippen LogP contribution in [0.5, 0.6) is 0 Å². The highest BCUT2D eigenvalue weighted by atomic mass is 19.4. The number of benzene rings is 1. The summed E-state index contributed by atoms with van der Waals surface area (Å²) in [6.45, 7) is 7.75. The lowest BCUT2D eigenvalue weighted by atomic mass is 9.86. The van der Waals surface area contributed by atoms with Crippen molar-refractivity contribution in [3.05, 3.63) is 42.0 Å². The molecule has 24 heavy (non-hydrogen) atoms. The zero-order chi connectivity index (χ0) is 17.8. The number of alkyl halides is 3. The summed E-state index contributed by atoms with van der Waals surface area (Å²) < 4.78 is 55.4. The zero-order valence-corrected chi connectivity index (χ0v) is 13.9. The molecule has 0 atom stereocenters. The Labute approximate surface area is 138 Å². The summed E-state index contributed by atoms with van der Waals surface area (Å²) in [6, 6.07) is 8.25. The summed E-state index contributed by atoms with van der Waals surface area (Å²) in [5.74, 6) is 0.466. The van der Waals surface area contributed by atoms with Crippen molar-refractivity contribution in [1.29, 1.82) is 0 Å². The summed E-state index contributed by atoms with van der Waals surface area (Å²) in [4.78, 5) is 0. The fourth-order valence-corrected chi connectivity index (χ4v) is 2.42. The molecule has 2 aromatic rings. The van der Waals surface area contributed by atoms with Gasteiger partial charge in [-0.05, 0) is 52.0 Å². The smallest absolute Gasteiger partial charge is 0.465 e. The summed E-state index contributed by atoms with van der Waals surface area (Å²) in [5, 5.41) is 0. The van der Waals surface area contributed by atoms with Gasteiger partial charge in [0.25, 0.3) is 0 Å². The fraction of sp³-hybridized carbons (Fsp3) is 0.412. The molecular weight excluding hydrogens is 320 g/mol. The van der Waals surface area contributed by atoms with E-state index in [4.69, 9.17) is 13.7 Å². The average molecular weight is 338 g/mol. The van der Waals surface area contributed by atoms with Gasteiger partial charge in [0, 0.05) is 5.56 Å². The first-order valence-electron chi connectivity index (χ1n) is 7.63. The molecular formula is C17H18BF3O3. The molecule has 0 saturated carbocycles. The van der Waals surface area contributed by atoms with Crippen LogP contribution in [-0.2, 0) is 15.5 Å². The number of hydrogen-bond donors (Lipinski definition) is 0. The van der Waals surface area contributed by atoms with E-state index < -0.39 is 30.1 Å². The first-order valence-corrected chi connectivity index (χ1v) is 7.63. The molecule has 0 amide bonds. The Bertz CT molecular complexity index is 716. The van der Waals surface area contributed by atoms with Gasteiger partial charge < -0.3 is 13.7 Å². The minimum absolute atomic E-state index is 0.466. The Morgan fingerprint density at radius 3 is 1.88 bits per heavy atom. The van der Waals surface area contributed by atoms with Crippen LogP contribution in [-0.4, -0.2) is 18.3 Å². The third-order valence-corrected chi connectivity index (χ3v) is 4.61. The highest BCUT2D eigenvalue weighted by Crippen LogP contribution is 2.37. The molecule has 128 valence electrons. The van der Waals surface area contributed by atoms with Gasteiger partial charge in [0.05, 0.1) is 16.8 Å². The Hall–Kier alpha value is -1.73. The van der Waals surface area contributed by atoms with Crippen LogP contribution in [0.3, 0.4) is 0 Å². The van der Waals surface area contributed by atoms with Crippen LogP contribution in [0.4, 0.5) is 13.2 Å². The van der Waals surface area contributed by atoms with Gasteiger partial charge >= 0.3 is 13.3 Å². The van der Waals surface area contributed by atoms with Crippen molar-refractivity contribution in [3.8, 4) is 11.3 Å². The number of halogens is 3. The van der Waals surface area contributed by atoms with E-state index in [2.05, 4.69) is 0 Å². The highest BCUT2D eigenvalue weighted by molar-refractivity contribution is 6.60. The predicted molar refractivity (Wildman–Crippen MR) is 84.9 cm³/mol. The van der Waals surface area contributed by atoms with Crippen LogP contribution in [0.25, 0.3) is 11.3 Å². The first kappa shape index (κ1) is 17.1. The lowest BCUT2D eigenvalue weighted by Crippen LogP contribution is -2.41. The Morgan fingerprint density at radius 2 is 1.38 bits per heavy atom. The van der Waals surface area contributed by atoms with Crippen LogP contribution in [0.2, 0.25) is 0 Å². The summed E-state index contributed by atoms with van der Waals surface area (Å²) in [7, 11) is -0.641. The van der Waals surface area contributed by atoms with E-state index in [1.807, 2.05) is 27.7 Å². The minimum Gasteiger partial charge on any atom is -0.465 e. The van der Waals surface area contributed by atoms with Crippen LogP contribution < -0.4 is 5.66 Å². The minimum atomic E-state index is -4.35. The Kier molecular flexibility index (Phi) is 3.84. The van der Waals surface area contributed by atoms with Gasteiger partial charge in [-0.25, -0.2) is 0 Å². The summed E-state index contributed by atoms with van der Waals surface area (Å²) in [6.07, 6.45) is -4.35. The first-order chi connectivity index (χ1) is 11.0. The van der Waals surface area contributed by atoms with Gasteiger partial charge in [0.2, 0.25) is 0 Å². The second kappa shape index (κ2) is 5.39. The summed E-state index contributed by atoms with van der Waals surface area (Å²) in [5.41, 5.74) is -0.615. The number of rotatable bonds is 2. The van der Waals surface area contributed by atoms with Gasteiger partial charge in [-0.15, -0.1) is 0 Å². The lowest BCUT2D eigenvalue weighted by Gasteiger charge is -2.32. The molecule has 1 aromatic heterocycles. The van der Waals surface area contributed by atoms with Crippen molar-refractivity contribution in [2.24, 2.45) is 0 Å². The number of hydrogen-bond acceptors (Lipinski definition) is 3. The van der Waals surface area contributed by atoms with Crippen molar-refractivity contribution in [2.45, 2.75) is 45.1 Å². The van der Waals surface area contributed by atoms with Gasteiger partial charge in [0.15, 0.2) is 0 Å². The van der Waals surface area contributed by atoms with Crippen molar-refractivity contribution in [1.82, 2.24) is 0 Å². The monoisotopic (exact) mass is 338 g/mol. The Balaban J connectivity index is 1.82. The van der Waals surface area contributed by atoms with Gasteiger partial charge in [-0.3, -0.25) is 0 Å².